The first-order valence-corrected chi connectivity index (χ1v) is 3.73. The molecular formula is C10H8F3. The Bertz CT molecular complexity index is 282. The van der Waals surface area contributed by atoms with Gasteiger partial charge in [-0.05, 0) is 24.1 Å². The summed E-state index contributed by atoms with van der Waals surface area (Å²) in [5.41, 5.74) is 0.142. The molecule has 0 heterocycles. The van der Waals surface area contributed by atoms with Gasteiger partial charge >= 0.3 is 6.18 Å². The number of benzene rings is 1. The fourth-order valence-corrected chi connectivity index (χ4v) is 0.966. The summed E-state index contributed by atoms with van der Waals surface area (Å²) in [5.74, 6) is 0. The third kappa shape index (κ3) is 2.61. The van der Waals surface area contributed by atoms with Gasteiger partial charge in [-0.3, -0.25) is 0 Å². The first-order chi connectivity index (χ1) is 6.04. The van der Waals surface area contributed by atoms with Crippen LogP contribution in [0.2, 0.25) is 0 Å². The minimum Gasteiger partial charge on any atom is -0.166 e. The van der Waals surface area contributed by atoms with Crippen LogP contribution in [0.15, 0.2) is 30.3 Å². The second-order valence-corrected chi connectivity index (χ2v) is 2.63. The van der Waals surface area contributed by atoms with E-state index >= 15 is 0 Å². The van der Waals surface area contributed by atoms with Gasteiger partial charge in [0, 0.05) is 0 Å². The van der Waals surface area contributed by atoms with E-state index < -0.39 is 11.7 Å². The summed E-state index contributed by atoms with van der Waals surface area (Å²) in [6, 6.07) is 4.95. The standard InChI is InChI=1S/C10H8F3/c1-2-3-8-4-6-9(7-5-8)10(11,12)13/h1-2,4-7H,3H2. The van der Waals surface area contributed by atoms with Gasteiger partial charge in [0.25, 0.3) is 0 Å². The molecule has 1 aromatic rings. The van der Waals surface area contributed by atoms with Gasteiger partial charge in [-0.2, -0.15) is 13.2 Å². The van der Waals surface area contributed by atoms with Crippen molar-refractivity contribution in [3.63, 3.8) is 0 Å². The van der Waals surface area contributed by atoms with Crippen LogP contribution in [0.3, 0.4) is 0 Å². The van der Waals surface area contributed by atoms with Crippen LogP contribution in [-0.2, 0) is 12.6 Å². The van der Waals surface area contributed by atoms with Crippen LogP contribution in [0.25, 0.3) is 0 Å². The second-order valence-electron chi connectivity index (χ2n) is 2.63. The lowest BCUT2D eigenvalue weighted by Gasteiger charge is -2.06. The molecule has 0 unspecified atom stereocenters. The van der Waals surface area contributed by atoms with E-state index in [1.165, 1.54) is 18.2 Å². The Balaban J connectivity index is 2.87. The fraction of sp³-hybridized carbons (Fsp3) is 0.200. The van der Waals surface area contributed by atoms with Gasteiger partial charge in [-0.1, -0.05) is 24.8 Å². The van der Waals surface area contributed by atoms with Crippen LogP contribution in [0.1, 0.15) is 11.1 Å². The molecule has 0 aromatic heterocycles. The molecule has 0 spiro atoms. The van der Waals surface area contributed by atoms with E-state index in [2.05, 4.69) is 0 Å². The quantitative estimate of drug-likeness (QED) is 0.663. The van der Waals surface area contributed by atoms with Crippen molar-refractivity contribution in [3.05, 3.63) is 48.0 Å². The molecule has 0 aliphatic heterocycles. The van der Waals surface area contributed by atoms with Crippen molar-refractivity contribution in [2.75, 3.05) is 0 Å². The van der Waals surface area contributed by atoms with Gasteiger partial charge in [0.1, 0.15) is 0 Å². The lowest BCUT2D eigenvalue weighted by atomic mass is 10.1. The minimum absolute atomic E-state index is 0.484. The van der Waals surface area contributed by atoms with E-state index in [0.29, 0.717) is 6.42 Å². The van der Waals surface area contributed by atoms with Crippen molar-refractivity contribution < 1.29 is 13.2 Å². The molecule has 0 saturated carbocycles. The Morgan fingerprint density at radius 1 is 1.15 bits per heavy atom. The van der Waals surface area contributed by atoms with Gasteiger partial charge < -0.3 is 0 Å². The molecule has 0 amide bonds. The highest BCUT2D eigenvalue weighted by atomic mass is 19.4. The van der Waals surface area contributed by atoms with E-state index in [0.717, 1.165) is 17.7 Å². The van der Waals surface area contributed by atoms with Crippen molar-refractivity contribution in [3.8, 4) is 0 Å². The Morgan fingerprint density at radius 2 is 1.69 bits per heavy atom. The molecule has 0 N–H and O–H groups in total. The second kappa shape index (κ2) is 3.64. The van der Waals surface area contributed by atoms with Crippen molar-refractivity contribution in [2.45, 2.75) is 12.6 Å². The number of hydrogen-bond donors (Lipinski definition) is 0. The third-order valence-corrected chi connectivity index (χ3v) is 1.63. The average Bonchev–Trinajstić information content (AvgIpc) is 2.04. The summed E-state index contributed by atoms with van der Waals surface area (Å²) in [6.07, 6.45) is -2.37. The molecule has 1 radical (unpaired) electrons. The Kier molecular flexibility index (Phi) is 2.76. The third-order valence-electron chi connectivity index (χ3n) is 1.63. The Hall–Kier alpha value is -1.25. The van der Waals surface area contributed by atoms with E-state index in [4.69, 9.17) is 6.58 Å². The summed E-state index contributed by atoms with van der Waals surface area (Å²) in [5, 5.41) is 0. The van der Waals surface area contributed by atoms with Gasteiger partial charge in [-0.15, -0.1) is 0 Å². The zero-order valence-corrected chi connectivity index (χ0v) is 6.81. The van der Waals surface area contributed by atoms with Gasteiger partial charge in [-0.25, -0.2) is 0 Å². The van der Waals surface area contributed by atoms with Crippen LogP contribution in [0, 0.1) is 6.58 Å². The van der Waals surface area contributed by atoms with Crippen LogP contribution in [-0.4, -0.2) is 0 Å². The van der Waals surface area contributed by atoms with E-state index in [1.807, 2.05) is 0 Å². The fourth-order valence-electron chi connectivity index (χ4n) is 0.966. The number of alkyl halides is 3. The van der Waals surface area contributed by atoms with Crippen LogP contribution in [0.5, 0.6) is 0 Å². The summed E-state index contributed by atoms with van der Waals surface area (Å²) >= 11 is 0. The topological polar surface area (TPSA) is 0 Å². The summed E-state index contributed by atoms with van der Waals surface area (Å²) in [6.45, 7) is 5.14. The molecule has 1 aromatic carbocycles. The highest BCUT2D eigenvalue weighted by molar-refractivity contribution is 5.25. The molecule has 3 heteroatoms. The van der Waals surface area contributed by atoms with Crippen LogP contribution in [0.4, 0.5) is 13.2 Å². The molecular weight excluding hydrogens is 177 g/mol. The van der Waals surface area contributed by atoms with Crippen molar-refractivity contribution in [1.82, 2.24) is 0 Å². The molecule has 0 nitrogen and oxygen atoms in total. The minimum atomic E-state index is -4.26. The Morgan fingerprint density at radius 3 is 2.08 bits per heavy atom. The van der Waals surface area contributed by atoms with Crippen LogP contribution < -0.4 is 0 Å². The predicted octanol–water partition coefficient (Wildman–Crippen LogP) is 3.24. The zero-order chi connectivity index (χ0) is 9.90. The lowest BCUT2D eigenvalue weighted by molar-refractivity contribution is -0.137. The molecule has 1 rings (SSSR count). The number of halogens is 3. The van der Waals surface area contributed by atoms with E-state index in [9.17, 15) is 13.2 Å². The van der Waals surface area contributed by atoms with Gasteiger partial charge in [0.05, 0.1) is 5.56 Å². The maximum Gasteiger partial charge on any atom is 0.416 e. The SMILES string of the molecule is [CH]=CCc1ccc(C(F)(F)F)cc1. The molecule has 0 aliphatic carbocycles. The highest BCUT2D eigenvalue weighted by Gasteiger charge is 2.29. The van der Waals surface area contributed by atoms with E-state index in [-0.39, 0.29) is 0 Å². The van der Waals surface area contributed by atoms with Gasteiger partial charge in [0.15, 0.2) is 0 Å². The molecule has 13 heavy (non-hydrogen) atoms. The first-order valence-electron chi connectivity index (χ1n) is 3.73. The van der Waals surface area contributed by atoms with Gasteiger partial charge in [0.2, 0.25) is 0 Å². The number of allylic oxidation sites excluding steroid dienone is 1. The maximum absolute atomic E-state index is 12.1. The number of hydrogen-bond acceptors (Lipinski definition) is 0. The summed E-state index contributed by atoms with van der Waals surface area (Å²) < 4.78 is 36.2. The molecule has 0 aliphatic rings. The number of rotatable bonds is 2. The zero-order valence-electron chi connectivity index (χ0n) is 6.81. The molecule has 0 saturated heterocycles. The normalized spacial score (nSPS) is 11.3. The molecule has 0 atom stereocenters. The monoisotopic (exact) mass is 185 g/mol. The predicted molar refractivity (Wildman–Crippen MR) is 44.0 cm³/mol. The maximum atomic E-state index is 12.1. The molecule has 0 bridgehead atoms. The highest BCUT2D eigenvalue weighted by Crippen LogP contribution is 2.29. The first kappa shape index (κ1) is 9.84. The Labute approximate surface area is 74.7 Å². The average molecular weight is 185 g/mol. The lowest BCUT2D eigenvalue weighted by Crippen LogP contribution is -2.04. The summed E-state index contributed by atoms with van der Waals surface area (Å²) in [7, 11) is 0. The molecule has 0 fully saturated rings. The van der Waals surface area contributed by atoms with E-state index in [1.54, 1.807) is 0 Å². The van der Waals surface area contributed by atoms with Crippen molar-refractivity contribution in [2.24, 2.45) is 0 Å². The van der Waals surface area contributed by atoms with Crippen molar-refractivity contribution >= 4 is 0 Å². The van der Waals surface area contributed by atoms with Crippen molar-refractivity contribution in [1.29, 1.82) is 0 Å². The van der Waals surface area contributed by atoms with Crippen LogP contribution >= 0.6 is 0 Å². The largest absolute Gasteiger partial charge is 0.416 e. The summed E-state index contributed by atoms with van der Waals surface area (Å²) in [4.78, 5) is 0. The molecule has 69 valence electrons. The smallest absolute Gasteiger partial charge is 0.166 e.